The van der Waals surface area contributed by atoms with Gasteiger partial charge >= 0.3 is 6.18 Å². The maximum Gasteiger partial charge on any atom is 0.389 e. The van der Waals surface area contributed by atoms with Gasteiger partial charge in [0.2, 0.25) is 5.95 Å². The van der Waals surface area contributed by atoms with Crippen LogP contribution in [0, 0.1) is 0 Å². The molecule has 1 aliphatic rings. The molecule has 0 saturated heterocycles. The van der Waals surface area contributed by atoms with Crippen molar-refractivity contribution in [3.63, 3.8) is 0 Å². The van der Waals surface area contributed by atoms with Crippen LogP contribution in [0.25, 0.3) is 0 Å². The van der Waals surface area contributed by atoms with Gasteiger partial charge in [-0.05, 0) is 18.9 Å². The smallest absolute Gasteiger partial charge is 0.389 e. The number of rotatable bonds is 6. The molecule has 1 atom stereocenters. The minimum atomic E-state index is -4.18. The number of alkyl halides is 3. The van der Waals surface area contributed by atoms with Gasteiger partial charge in [0.25, 0.3) is 0 Å². The molecule has 2 heterocycles. The Balaban J connectivity index is 1.81. The lowest BCUT2D eigenvalue weighted by Crippen LogP contribution is -2.21. The van der Waals surface area contributed by atoms with Gasteiger partial charge in [0.05, 0.1) is 12.3 Å². The predicted molar refractivity (Wildman–Crippen MR) is 72.1 cm³/mol. The predicted octanol–water partition coefficient (Wildman–Crippen LogP) is 2.94. The quantitative estimate of drug-likeness (QED) is 0.877. The van der Waals surface area contributed by atoms with E-state index in [-0.39, 0.29) is 12.5 Å². The van der Waals surface area contributed by atoms with E-state index >= 15 is 0 Å². The highest BCUT2D eigenvalue weighted by Gasteiger charge is 2.26. The Morgan fingerprint density at radius 2 is 2.24 bits per heavy atom. The summed E-state index contributed by atoms with van der Waals surface area (Å²) in [6.45, 7) is 2.47. The van der Waals surface area contributed by atoms with Crippen LogP contribution in [0.15, 0.2) is 17.4 Å². The second kappa shape index (κ2) is 6.73. The number of nitrogens with one attached hydrogen (secondary N) is 1. The van der Waals surface area contributed by atoms with E-state index in [0.717, 1.165) is 18.6 Å². The van der Waals surface area contributed by atoms with Crippen LogP contribution in [0.3, 0.4) is 0 Å². The van der Waals surface area contributed by atoms with Crippen molar-refractivity contribution in [2.75, 3.05) is 11.9 Å². The molecule has 2 rings (SSSR count). The topological polar surface area (TPSA) is 59.4 Å². The van der Waals surface area contributed by atoms with Gasteiger partial charge in [0.15, 0.2) is 0 Å². The maximum atomic E-state index is 12.2. The number of halogens is 3. The van der Waals surface area contributed by atoms with Gasteiger partial charge in [-0.25, -0.2) is 9.97 Å². The molecule has 0 bridgehead atoms. The van der Waals surface area contributed by atoms with E-state index in [9.17, 15) is 13.2 Å². The third-order valence-electron chi connectivity index (χ3n) is 3.07. The molecule has 1 N–H and O–H groups in total. The molecular weight excluding hydrogens is 285 g/mol. The Bertz CT molecular complexity index is 504. The molecule has 0 aliphatic carbocycles. The third kappa shape index (κ3) is 5.20. The first-order chi connectivity index (χ1) is 9.96. The Labute approximate surface area is 120 Å². The van der Waals surface area contributed by atoms with E-state index in [1.165, 1.54) is 12.3 Å². The highest BCUT2D eigenvalue weighted by atomic mass is 19.4. The van der Waals surface area contributed by atoms with E-state index in [1.807, 2.05) is 6.92 Å². The summed E-state index contributed by atoms with van der Waals surface area (Å²) < 4.78 is 36.5. The van der Waals surface area contributed by atoms with Crippen molar-refractivity contribution in [2.24, 2.45) is 5.16 Å². The standard InChI is InChI=1S/C13H17F3N4O/c1-2-9-7-11(21-20-9)8-18-12-17-6-4-10(19-12)3-5-13(14,15)16/h4,6,11H,2-3,5,7-8H2,1H3,(H,17,18,19)/t11-/m0/s1. The van der Waals surface area contributed by atoms with E-state index in [4.69, 9.17) is 4.84 Å². The van der Waals surface area contributed by atoms with Crippen LogP contribution in [0.5, 0.6) is 0 Å². The molecule has 0 aromatic carbocycles. The Morgan fingerprint density at radius 1 is 1.43 bits per heavy atom. The van der Waals surface area contributed by atoms with Crippen molar-refractivity contribution < 1.29 is 18.0 Å². The summed E-state index contributed by atoms with van der Waals surface area (Å²) in [5, 5.41) is 6.90. The molecule has 5 nitrogen and oxygen atoms in total. The highest BCUT2D eigenvalue weighted by molar-refractivity contribution is 5.85. The highest BCUT2D eigenvalue weighted by Crippen LogP contribution is 2.21. The van der Waals surface area contributed by atoms with Crippen LogP contribution in [0.2, 0.25) is 0 Å². The zero-order valence-electron chi connectivity index (χ0n) is 11.7. The first-order valence-electron chi connectivity index (χ1n) is 6.80. The zero-order valence-corrected chi connectivity index (χ0v) is 11.7. The van der Waals surface area contributed by atoms with Gasteiger partial charge < -0.3 is 10.2 Å². The fraction of sp³-hybridized carbons (Fsp3) is 0.615. The largest absolute Gasteiger partial charge is 0.390 e. The normalized spacial score (nSPS) is 18.3. The molecule has 0 unspecified atom stereocenters. The fourth-order valence-corrected chi connectivity index (χ4v) is 1.90. The Hall–Kier alpha value is -1.86. The first-order valence-corrected chi connectivity index (χ1v) is 6.80. The van der Waals surface area contributed by atoms with Crippen LogP contribution >= 0.6 is 0 Å². The SMILES string of the molecule is CCC1=NO[C@H](CNc2nccc(CCC(F)(F)F)n2)C1. The molecule has 21 heavy (non-hydrogen) atoms. The van der Waals surface area contributed by atoms with Crippen molar-refractivity contribution in [3.8, 4) is 0 Å². The molecule has 0 fully saturated rings. The molecule has 0 radical (unpaired) electrons. The average Bonchev–Trinajstić information content (AvgIpc) is 2.91. The lowest BCUT2D eigenvalue weighted by molar-refractivity contribution is -0.134. The number of anilines is 1. The van der Waals surface area contributed by atoms with Gasteiger partial charge in [0, 0.05) is 24.7 Å². The average molecular weight is 302 g/mol. The molecule has 8 heteroatoms. The Kier molecular flexibility index (Phi) is 4.98. The summed E-state index contributed by atoms with van der Waals surface area (Å²) >= 11 is 0. The number of nitrogens with zero attached hydrogens (tertiary/aromatic N) is 3. The van der Waals surface area contributed by atoms with Crippen molar-refractivity contribution in [3.05, 3.63) is 18.0 Å². The van der Waals surface area contributed by atoms with Crippen LogP contribution in [0.1, 0.15) is 31.9 Å². The lowest BCUT2D eigenvalue weighted by atomic mass is 10.1. The summed E-state index contributed by atoms with van der Waals surface area (Å²) in [6.07, 6.45) is -2.25. The first kappa shape index (κ1) is 15.5. The van der Waals surface area contributed by atoms with E-state index in [2.05, 4.69) is 20.4 Å². The van der Waals surface area contributed by atoms with Gasteiger partial charge in [-0.1, -0.05) is 12.1 Å². The molecule has 0 spiro atoms. The number of hydrogen-bond acceptors (Lipinski definition) is 5. The number of aromatic nitrogens is 2. The van der Waals surface area contributed by atoms with Gasteiger partial charge in [0.1, 0.15) is 6.10 Å². The molecule has 116 valence electrons. The molecule has 1 aromatic rings. The van der Waals surface area contributed by atoms with Crippen LogP contribution in [-0.4, -0.2) is 34.5 Å². The van der Waals surface area contributed by atoms with Crippen LogP contribution in [-0.2, 0) is 11.3 Å². The molecule has 0 amide bonds. The zero-order chi connectivity index (χ0) is 15.3. The number of hydrogen-bond donors (Lipinski definition) is 1. The van der Waals surface area contributed by atoms with E-state index in [1.54, 1.807) is 0 Å². The molecular formula is C13H17F3N4O. The monoisotopic (exact) mass is 302 g/mol. The van der Waals surface area contributed by atoms with Crippen molar-refractivity contribution in [1.82, 2.24) is 9.97 Å². The minimum absolute atomic E-state index is 0.0811. The summed E-state index contributed by atoms with van der Waals surface area (Å²) in [7, 11) is 0. The van der Waals surface area contributed by atoms with E-state index < -0.39 is 12.6 Å². The summed E-state index contributed by atoms with van der Waals surface area (Å²) in [5.74, 6) is 0.309. The fourth-order valence-electron chi connectivity index (χ4n) is 1.90. The lowest BCUT2D eigenvalue weighted by Gasteiger charge is -2.10. The molecule has 0 saturated carbocycles. The van der Waals surface area contributed by atoms with Crippen LogP contribution in [0.4, 0.5) is 19.1 Å². The molecule has 1 aliphatic heterocycles. The second-order valence-electron chi connectivity index (χ2n) is 4.81. The summed E-state index contributed by atoms with van der Waals surface area (Å²) in [6, 6.07) is 1.49. The summed E-state index contributed by atoms with van der Waals surface area (Å²) in [5.41, 5.74) is 1.37. The maximum absolute atomic E-state index is 12.2. The van der Waals surface area contributed by atoms with Crippen LogP contribution < -0.4 is 5.32 Å². The van der Waals surface area contributed by atoms with E-state index in [0.29, 0.717) is 18.2 Å². The molecule has 1 aromatic heterocycles. The number of aryl methyl sites for hydroxylation is 1. The van der Waals surface area contributed by atoms with Gasteiger partial charge in [-0.2, -0.15) is 13.2 Å². The number of oxime groups is 1. The van der Waals surface area contributed by atoms with Crippen molar-refractivity contribution >= 4 is 11.7 Å². The summed E-state index contributed by atoms with van der Waals surface area (Å²) in [4.78, 5) is 13.3. The second-order valence-corrected chi connectivity index (χ2v) is 4.81. The van der Waals surface area contributed by atoms with Gasteiger partial charge in [-0.3, -0.25) is 0 Å². The Morgan fingerprint density at radius 3 is 2.90 bits per heavy atom. The van der Waals surface area contributed by atoms with Gasteiger partial charge in [-0.15, -0.1) is 0 Å². The minimum Gasteiger partial charge on any atom is -0.390 e. The third-order valence-corrected chi connectivity index (χ3v) is 3.07. The van der Waals surface area contributed by atoms with Crippen molar-refractivity contribution in [1.29, 1.82) is 0 Å². The van der Waals surface area contributed by atoms with Crippen molar-refractivity contribution in [2.45, 2.75) is 44.9 Å².